The number of hydrogen-bond acceptors (Lipinski definition) is 2. The molecule has 0 aromatic heterocycles. The lowest BCUT2D eigenvalue weighted by Crippen LogP contribution is -2.18. The molecule has 2 nitrogen and oxygen atoms in total. The maximum atomic E-state index is 5.66. The normalized spacial score (nSPS) is 29.1. The van der Waals surface area contributed by atoms with Gasteiger partial charge in [-0.25, -0.2) is 0 Å². The average molecular weight is 212 g/mol. The topological polar surface area (TPSA) is 18.5 Å². The van der Waals surface area contributed by atoms with Crippen LogP contribution in [0.4, 0.5) is 0 Å². The predicted octanol–water partition coefficient (Wildman–Crippen LogP) is 3.38. The van der Waals surface area contributed by atoms with Crippen LogP contribution in [0, 0.1) is 11.3 Å². The van der Waals surface area contributed by atoms with Crippen molar-refractivity contribution in [3.63, 3.8) is 0 Å². The van der Waals surface area contributed by atoms with Crippen LogP contribution >= 0.6 is 0 Å². The fourth-order valence-corrected chi connectivity index (χ4v) is 2.18. The molecule has 0 spiro atoms. The summed E-state index contributed by atoms with van der Waals surface area (Å²) in [4.78, 5) is 0. The Bertz CT molecular complexity index is 205. The minimum absolute atomic E-state index is 0.0228. The van der Waals surface area contributed by atoms with Crippen molar-refractivity contribution >= 4 is 0 Å². The van der Waals surface area contributed by atoms with Crippen molar-refractivity contribution in [3.05, 3.63) is 12.7 Å². The molecule has 0 N–H and O–H groups in total. The molecule has 0 amide bonds. The SMILES string of the molecule is C=CC1COC(CC(C)CC(C)(C)C)O1. The maximum Gasteiger partial charge on any atom is 0.158 e. The molecule has 1 rings (SSSR count). The van der Waals surface area contributed by atoms with Crippen LogP contribution in [0.5, 0.6) is 0 Å². The monoisotopic (exact) mass is 212 g/mol. The fourth-order valence-electron chi connectivity index (χ4n) is 2.18. The summed E-state index contributed by atoms with van der Waals surface area (Å²) in [6.07, 6.45) is 4.08. The van der Waals surface area contributed by atoms with Gasteiger partial charge in [-0.2, -0.15) is 0 Å². The molecule has 3 unspecified atom stereocenters. The highest BCUT2D eigenvalue weighted by Crippen LogP contribution is 2.29. The predicted molar refractivity (Wildman–Crippen MR) is 62.7 cm³/mol. The van der Waals surface area contributed by atoms with E-state index in [0.717, 1.165) is 6.42 Å². The summed E-state index contributed by atoms with van der Waals surface area (Å²) in [5, 5.41) is 0. The Morgan fingerprint density at radius 1 is 1.47 bits per heavy atom. The first-order valence-corrected chi connectivity index (χ1v) is 5.80. The molecular formula is C13H24O2. The molecular weight excluding hydrogens is 188 g/mol. The molecule has 3 atom stereocenters. The van der Waals surface area contributed by atoms with Crippen molar-refractivity contribution in [3.8, 4) is 0 Å². The Balaban J connectivity index is 2.27. The second kappa shape index (κ2) is 5.13. The average Bonchev–Trinajstić information content (AvgIpc) is 2.48. The zero-order valence-corrected chi connectivity index (χ0v) is 10.5. The van der Waals surface area contributed by atoms with E-state index in [2.05, 4.69) is 34.3 Å². The molecule has 2 heteroatoms. The Hall–Kier alpha value is -0.340. The van der Waals surface area contributed by atoms with E-state index in [9.17, 15) is 0 Å². The lowest BCUT2D eigenvalue weighted by atomic mass is 9.84. The minimum Gasteiger partial charge on any atom is -0.350 e. The Morgan fingerprint density at radius 3 is 2.60 bits per heavy atom. The molecule has 0 saturated carbocycles. The largest absolute Gasteiger partial charge is 0.350 e. The standard InChI is InChI=1S/C13H24O2/c1-6-11-9-14-12(15-11)7-10(2)8-13(3,4)5/h6,10-12H,1,7-9H2,2-5H3. The third kappa shape index (κ3) is 4.80. The minimum atomic E-state index is -0.0228. The molecule has 0 aliphatic carbocycles. The number of hydrogen-bond donors (Lipinski definition) is 0. The summed E-state index contributed by atoms with van der Waals surface area (Å²) in [6.45, 7) is 13.4. The van der Waals surface area contributed by atoms with Gasteiger partial charge >= 0.3 is 0 Å². The maximum absolute atomic E-state index is 5.66. The van der Waals surface area contributed by atoms with Crippen molar-refractivity contribution in [1.82, 2.24) is 0 Å². The third-order valence-electron chi connectivity index (χ3n) is 2.59. The van der Waals surface area contributed by atoms with Crippen molar-refractivity contribution in [2.24, 2.45) is 11.3 Å². The van der Waals surface area contributed by atoms with E-state index in [1.54, 1.807) is 0 Å². The smallest absolute Gasteiger partial charge is 0.158 e. The summed E-state index contributed by atoms with van der Waals surface area (Å²) >= 11 is 0. The van der Waals surface area contributed by atoms with Crippen LogP contribution in [-0.2, 0) is 9.47 Å². The molecule has 0 aromatic carbocycles. The van der Waals surface area contributed by atoms with Gasteiger partial charge in [0.25, 0.3) is 0 Å². The molecule has 0 aromatic rings. The second-order valence-corrected chi connectivity index (χ2v) is 5.78. The van der Waals surface area contributed by atoms with E-state index in [1.165, 1.54) is 6.42 Å². The van der Waals surface area contributed by atoms with Gasteiger partial charge in [0.15, 0.2) is 6.29 Å². The molecule has 1 fully saturated rings. The summed E-state index contributed by atoms with van der Waals surface area (Å²) in [5.41, 5.74) is 0.385. The van der Waals surface area contributed by atoms with Crippen molar-refractivity contribution < 1.29 is 9.47 Å². The lowest BCUT2D eigenvalue weighted by Gasteiger charge is -2.24. The molecule has 1 aliphatic rings. The molecule has 1 saturated heterocycles. The van der Waals surface area contributed by atoms with Gasteiger partial charge in [0, 0.05) is 6.42 Å². The van der Waals surface area contributed by atoms with E-state index >= 15 is 0 Å². The van der Waals surface area contributed by atoms with E-state index in [1.807, 2.05) is 6.08 Å². The summed E-state index contributed by atoms with van der Waals surface area (Å²) in [6, 6.07) is 0. The first kappa shape index (κ1) is 12.7. The Morgan fingerprint density at radius 2 is 2.13 bits per heavy atom. The molecule has 1 aliphatic heterocycles. The van der Waals surface area contributed by atoms with Crippen LogP contribution in [0.25, 0.3) is 0 Å². The van der Waals surface area contributed by atoms with Crippen LogP contribution in [0.2, 0.25) is 0 Å². The van der Waals surface area contributed by atoms with Gasteiger partial charge in [0.05, 0.1) is 6.61 Å². The summed E-state index contributed by atoms with van der Waals surface area (Å²) in [5.74, 6) is 0.638. The van der Waals surface area contributed by atoms with Gasteiger partial charge in [-0.3, -0.25) is 0 Å². The third-order valence-corrected chi connectivity index (χ3v) is 2.59. The quantitative estimate of drug-likeness (QED) is 0.665. The van der Waals surface area contributed by atoms with Gasteiger partial charge in [-0.15, -0.1) is 6.58 Å². The van der Waals surface area contributed by atoms with Crippen LogP contribution in [0.15, 0.2) is 12.7 Å². The van der Waals surface area contributed by atoms with E-state index in [4.69, 9.17) is 9.47 Å². The fraction of sp³-hybridized carbons (Fsp3) is 0.846. The first-order chi connectivity index (χ1) is 6.90. The van der Waals surface area contributed by atoms with Gasteiger partial charge in [-0.1, -0.05) is 33.8 Å². The molecule has 0 bridgehead atoms. The van der Waals surface area contributed by atoms with Gasteiger partial charge in [0.2, 0.25) is 0 Å². The second-order valence-electron chi connectivity index (χ2n) is 5.78. The Kier molecular flexibility index (Phi) is 4.35. The summed E-state index contributed by atoms with van der Waals surface area (Å²) in [7, 11) is 0. The van der Waals surface area contributed by atoms with Crippen LogP contribution < -0.4 is 0 Å². The zero-order valence-electron chi connectivity index (χ0n) is 10.5. The van der Waals surface area contributed by atoms with Crippen LogP contribution in [-0.4, -0.2) is 19.0 Å². The van der Waals surface area contributed by atoms with Crippen molar-refractivity contribution in [2.75, 3.05) is 6.61 Å². The molecule has 0 radical (unpaired) electrons. The molecule has 1 heterocycles. The molecule has 88 valence electrons. The van der Waals surface area contributed by atoms with Crippen LogP contribution in [0.1, 0.15) is 40.5 Å². The summed E-state index contributed by atoms with van der Waals surface area (Å²) < 4.78 is 11.2. The highest BCUT2D eigenvalue weighted by Gasteiger charge is 2.26. The number of rotatable bonds is 4. The van der Waals surface area contributed by atoms with Crippen molar-refractivity contribution in [2.45, 2.75) is 52.9 Å². The Labute approximate surface area is 93.7 Å². The van der Waals surface area contributed by atoms with Gasteiger partial charge in [0.1, 0.15) is 6.10 Å². The van der Waals surface area contributed by atoms with E-state index in [-0.39, 0.29) is 12.4 Å². The zero-order chi connectivity index (χ0) is 11.5. The molecule has 15 heavy (non-hydrogen) atoms. The van der Waals surface area contributed by atoms with E-state index in [0.29, 0.717) is 17.9 Å². The lowest BCUT2D eigenvalue weighted by molar-refractivity contribution is -0.0662. The van der Waals surface area contributed by atoms with E-state index < -0.39 is 0 Å². The van der Waals surface area contributed by atoms with Gasteiger partial charge < -0.3 is 9.47 Å². The highest BCUT2D eigenvalue weighted by molar-refractivity contribution is 4.83. The highest BCUT2D eigenvalue weighted by atomic mass is 16.7. The van der Waals surface area contributed by atoms with Gasteiger partial charge in [-0.05, 0) is 17.8 Å². The van der Waals surface area contributed by atoms with Crippen molar-refractivity contribution in [1.29, 1.82) is 0 Å². The first-order valence-electron chi connectivity index (χ1n) is 5.80. The van der Waals surface area contributed by atoms with Crippen LogP contribution in [0.3, 0.4) is 0 Å². The number of ether oxygens (including phenoxy) is 2.